The fourth-order valence-corrected chi connectivity index (χ4v) is 2.84. The van der Waals surface area contributed by atoms with E-state index in [0.717, 1.165) is 15.3 Å². The summed E-state index contributed by atoms with van der Waals surface area (Å²) in [6, 6.07) is 7.90. The van der Waals surface area contributed by atoms with E-state index in [0.29, 0.717) is 23.8 Å². The van der Waals surface area contributed by atoms with Gasteiger partial charge in [0.05, 0.1) is 21.3 Å². The first-order valence-electron chi connectivity index (χ1n) is 5.83. The molecule has 2 aromatic rings. The highest BCUT2D eigenvalue weighted by Gasteiger charge is 2.17. The number of hydrogen-bond donors (Lipinski definition) is 1. The fourth-order valence-electron chi connectivity index (χ4n) is 1.93. The van der Waals surface area contributed by atoms with E-state index in [-0.39, 0.29) is 0 Å². The molecule has 1 heterocycles. The third-order valence-electron chi connectivity index (χ3n) is 2.83. The highest BCUT2D eigenvalue weighted by atomic mass is 32.1. The molecule has 0 aliphatic carbocycles. The van der Waals surface area contributed by atoms with Gasteiger partial charge in [0.2, 0.25) is 5.75 Å². The molecule has 0 saturated heterocycles. The van der Waals surface area contributed by atoms with Crippen LogP contribution in [0.5, 0.6) is 17.2 Å². The normalized spacial score (nSPS) is 10.3. The molecular formula is C14H17NO3S. The molecule has 0 spiro atoms. The first-order chi connectivity index (χ1) is 9.24. The monoisotopic (exact) mass is 279 g/mol. The lowest BCUT2D eigenvalue weighted by atomic mass is 10.1. The molecule has 2 N–H and O–H groups in total. The summed E-state index contributed by atoms with van der Waals surface area (Å²) in [4.78, 5) is 2.23. The second-order valence-corrected chi connectivity index (χ2v) is 5.02. The summed E-state index contributed by atoms with van der Waals surface area (Å²) in [5.74, 6) is 1.93. The van der Waals surface area contributed by atoms with Crippen molar-refractivity contribution in [3.63, 3.8) is 0 Å². The van der Waals surface area contributed by atoms with Gasteiger partial charge >= 0.3 is 0 Å². The molecular weight excluding hydrogens is 262 g/mol. The van der Waals surface area contributed by atoms with Crippen LogP contribution < -0.4 is 19.9 Å². The molecule has 0 saturated carbocycles. The predicted molar refractivity (Wildman–Crippen MR) is 77.3 cm³/mol. The average Bonchev–Trinajstić information content (AvgIpc) is 2.94. The van der Waals surface area contributed by atoms with Crippen LogP contribution in [-0.4, -0.2) is 21.3 Å². The van der Waals surface area contributed by atoms with Gasteiger partial charge in [-0.25, -0.2) is 0 Å². The van der Waals surface area contributed by atoms with Gasteiger partial charge in [0.15, 0.2) is 11.5 Å². The number of rotatable bonds is 5. The van der Waals surface area contributed by atoms with Gasteiger partial charge in [-0.3, -0.25) is 0 Å². The zero-order valence-electron chi connectivity index (χ0n) is 11.2. The molecule has 2 rings (SSSR count). The largest absolute Gasteiger partial charge is 0.493 e. The molecule has 19 heavy (non-hydrogen) atoms. The van der Waals surface area contributed by atoms with Gasteiger partial charge in [0.1, 0.15) is 0 Å². The summed E-state index contributed by atoms with van der Waals surface area (Å²) in [6.07, 6.45) is 0. The van der Waals surface area contributed by atoms with Crippen LogP contribution in [0.4, 0.5) is 0 Å². The summed E-state index contributed by atoms with van der Waals surface area (Å²) in [7, 11) is 4.83. The van der Waals surface area contributed by atoms with Crippen LogP contribution >= 0.6 is 11.3 Å². The lowest BCUT2D eigenvalue weighted by Gasteiger charge is -2.14. The minimum absolute atomic E-state index is 0.542. The number of methoxy groups -OCH3 is 3. The molecule has 0 aliphatic rings. The molecule has 0 bridgehead atoms. The summed E-state index contributed by atoms with van der Waals surface area (Å²) >= 11 is 1.65. The van der Waals surface area contributed by atoms with Gasteiger partial charge in [-0.2, -0.15) is 0 Å². The molecule has 0 atom stereocenters. The molecule has 1 aromatic heterocycles. The van der Waals surface area contributed by atoms with Crippen LogP contribution in [0.15, 0.2) is 24.3 Å². The van der Waals surface area contributed by atoms with Crippen molar-refractivity contribution in [2.24, 2.45) is 5.73 Å². The third-order valence-corrected chi connectivity index (χ3v) is 3.97. The van der Waals surface area contributed by atoms with E-state index >= 15 is 0 Å². The van der Waals surface area contributed by atoms with Crippen LogP contribution in [0.1, 0.15) is 4.88 Å². The molecule has 0 radical (unpaired) electrons. The van der Waals surface area contributed by atoms with Crippen LogP contribution in [-0.2, 0) is 6.54 Å². The van der Waals surface area contributed by atoms with Crippen molar-refractivity contribution in [1.29, 1.82) is 0 Å². The quantitative estimate of drug-likeness (QED) is 0.914. The Labute approximate surface area is 116 Å². The number of nitrogens with two attached hydrogens (primary N) is 1. The summed E-state index contributed by atoms with van der Waals surface area (Å²) in [5, 5.41) is 0. The van der Waals surface area contributed by atoms with Crippen molar-refractivity contribution in [1.82, 2.24) is 0 Å². The standard InChI is InChI=1S/C14H17NO3S/c1-16-11-6-5-10(13(17-2)14(11)18-3)12-7-4-9(8-15)19-12/h4-7H,8,15H2,1-3H3. The van der Waals surface area contributed by atoms with Crippen molar-refractivity contribution in [2.45, 2.75) is 6.54 Å². The van der Waals surface area contributed by atoms with Gasteiger partial charge in [-0.15, -0.1) is 11.3 Å². The number of thiophene rings is 1. The highest BCUT2D eigenvalue weighted by Crippen LogP contribution is 2.45. The van der Waals surface area contributed by atoms with Crippen LogP contribution in [0, 0.1) is 0 Å². The van der Waals surface area contributed by atoms with E-state index < -0.39 is 0 Å². The first-order valence-corrected chi connectivity index (χ1v) is 6.65. The second-order valence-electron chi connectivity index (χ2n) is 3.85. The molecule has 0 aliphatic heterocycles. The zero-order chi connectivity index (χ0) is 13.8. The minimum atomic E-state index is 0.542. The van der Waals surface area contributed by atoms with Gasteiger partial charge in [-0.1, -0.05) is 0 Å². The van der Waals surface area contributed by atoms with E-state index in [1.165, 1.54) is 0 Å². The first kappa shape index (κ1) is 13.7. The van der Waals surface area contributed by atoms with Crippen molar-refractivity contribution in [3.05, 3.63) is 29.1 Å². The van der Waals surface area contributed by atoms with Crippen molar-refractivity contribution in [3.8, 4) is 27.7 Å². The highest BCUT2D eigenvalue weighted by molar-refractivity contribution is 7.15. The van der Waals surface area contributed by atoms with Gasteiger partial charge < -0.3 is 19.9 Å². The summed E-state index contributed by atoms with van der Waals surface area (Å²) in [5.41, 5.74) is 6.62. The van der Waals surface area contributed by atoms with Crippen LogP contribution in [0.25, 0.3) is 10.4 Å². The predicted octanol–water partition coefficient (Wildman–Crippen LogP) is 2.90. The van der Waals surface area contributed by atoms with Gasteiger partial charge in [-0.05, 0) is 24.3 Å². The third kappa shape index (κ3) is 2.52. The van der Waals surface area contributed by atoms with E-state index in [1.807, 2.05) is 24.3 Å². The Morgan fingerprint density at radius 1 is 0.947 bits per heavy atom. The molecule has 0 fully saturated rings. The lowest BCUT2D eigenvalue weighted by Crippen LogP contribution is -1.96. The zero-order valence-corrected chi connectivity index (χ0v) is 12.0. The maximum absolute atomic E-state index is 5.65. The Kier molecular flexibility index (Phi) is 4.29. The van der Waals surface area contributed by atoms with Crippen LogP contribution in [0.2, 0.25) is 0 Å². The maximum Gasteiger partial charge on any atom is 0.203 e. The van der Waals surface area contributed by atoms with Crippen molar-refractivity contribution >= 4 is 11.3 Å². The maximum atomic E-state index is 5.65. The average molecular weight is 279 g/mol. The smallest absolute Gasteiger partial charge is 0.203 e. The van der Waals surface area contributed by atoms with E-state index in [2.05, 4.69) is 0 Å². The SMILES string of the molecule is COc1ccc(-c2ccc(CN)s2)c(OC)c1OC. The van der Waals surface area contributed by atoms with E-state index in [9.17, 15) is 0 Å². The Morgan fingerprint density at radius 3 is 2.21 bits per heavy atom. The van der Waals surface area contributed by atoms with E-state index in [4.69, 9.17) is 19.9 Å². The number of hydrogen-bond acceptors (Lipinski definition) is 5. The number of benzene rings is 1. The van der Waals surface area contributed by atoms with Crippen molar-refractivity contribution in [2.75, 3.05) is 21.3 Å². The van der Waals surface area contributed by atoms with Gasteiger partial charge in [0.25, 0.3) is 0 Å². The molecule has 102 valence electrons. The van der Waals surface area contributed by atoms with Crippen LogP contribution in [0.3, 0.4) is 0 Å². The Bertz CT molecular complexity index is 566. The Balaban J connectivity index is 2.56. The second kappa shape index (κ2) is 5.95. The summed E-state index contributed by atoms with van der Waals surface area (Å²) in [6.45, 7) is 0.542. The molecule has 1 aromatic carbocycles. The van der Waals surface area contributed by atoms with Gasteiger partial charge in [0, 0.05) is 21.9 Å². The van der Waals surface area contributed by atoms with Crippen molar-refractivity contribution < 1.29 is 14.2 Å². The van der Waals surface area contributed by atoms with E-state index in [1.54, 1.807) is 32.7 Å². The Hall–Kier alpha value is -1.72. The Morgan fingerprint density at radius 2 is 1.68 bits per heavy atom. The fraction of sp³-hybridized carbons (Fsp3) is 0.286. The lowest BCUT2D eigenvalue weighted by molar-refractivity contribution is 0.325. The molecule has 0 amide bonds. The molecule has 5 heteroatoms. The minimum Gasteiger partial charge on any atom is -0.493 e. The topological polar surface area (TPSA) is 53.7 Å². The molecule has 0 unspecified atom stereocenters. The molecule has 4 nitrogen and oxygen atoms in total. The summed E-state index contributed by atoms with van der Waals surface area (Å²) < 4.78 is 16.1. The number of ether oxygens (including phenoxy) is 3.